The molecule has 1 N–H and O–H groups in total. The van der Waals surface area contributed by atoms with Gasteiger partial charge in [0.25, 0.3) is 5.91 Å². The van der Waals surface area contributed by atoms with Gasteiger partial charge in [0.15, 0.2) is 0 Å². The van der Waals surface area contributed by atoms with Crippen molar-refractivity contribution in [2.24, 2.45) is 0 Å². The van der Waals surface area contributed by atoms with Crippen LogP contribution in [0.5, 0.6) is 0 Å². The van der Waals surface area contributed by atoms with Gasteiger partial charge in [-0.2, -0.15) is 0 Å². The molecule has 1 aliphatic heterocycles. The van der Waals surface area contributed by atoms with Gasteiger partial charge in [0.1, 0.15) is 17.7 Å². The first-order chi connectivity index (χ1) is 12.3. The van der Waals surface area contributed by atoms with Crippen molar-refractivity contribution in [1.82, 2.24) is 4.90 Å². The van der Waals surface area contributed by atoms with Gasteiger partial charge in [-0.05, 0) is 42.8 Å². The highest BCUT2D eigenvalue weighted by Crippen LogP contribution is 2.27. The lowest BCUT2D eigenvalue weighted by Crippen LogP contribution is -2.46. The number of benzene rings is 2. The van der Waals surface area contributed by atoms with Crippen molar-refractivity contribution >= 4 is 11.9 Å². The third-order valence-electron chi connectivity index (χ3n) is 4.24. The first-order valence-electron chi connectivity index (χ1n) is 8.08. The number of nitrogens with zero attached hydrogens (tertiary/aromatic N) is 1. The van der Waals surface area contributed by atoms with Crippen molar-refractivity contribution < 1.29 is 28.2 Å². The fourth-order valence-electron chi connectivity index (χ4n) is 2.97. The van der Waals surface area contributed by atoms with Crippen LogP contribution in [0.25, 0.3) is 0 Å². The van der Waals surface area contributed by atoms with Gasteiger partial charge >= 0.3 is 5.97 Å². The summed E-state index contributed by atoms with van der Waals surface area (Å²) in [7, 11) is 0. The normalized spacial score (nSPS) is 20.0. The zero-order chi connectivity index (χ0) is 18.8. The van der Waals surface area contributed by atoms with Crippen molar-refractivity contribution in [2.45, 2.75) is 19.1 Å². The van der Waals surface area contributed by atoms with Crippen molar-refractivity contribution in [3.05, 3.63) is 70.8 Å². The molecular formula is C19H17F2NO4. The average Bonchev–Trinajstić information content (AvgIpc) is 2.61. The molecule has 1 aliphatic rings. The Morgan fingerprint density at radius 3 is 2.42 bits per heavy atom. The number of rotatable bonds is 3. The molecule has 1 fully saturated rings. The minimum atomic E-state index is -1.26. The Morgan fingerprint density at radius 2 is 1.81 bits per heavy atom. The summed E-state index contributed by atoms with van der Waals surface area (Å²) in [6.07, 6.45) is -0.742. The molecule has 3 rings (SSSR count). The van der Waals surface area contributed by atoms with Crippen LogP contribution in [0.15, 0.2) is 42.5 Å². The van der Waals surface area contributed by atoms with Gasteiger partial charge in [-0.25, -0.2) is 13.6 Å². The molecule has 0 saturated carbocycles. The molecule has 2 unspecified atom stereocenters. The zero-order valence-corrected chi connectivity index (χ0v) is 14.0. The smallest absolute Gasteiger partial charge is 0.335 e. The largest absolute Gasteiger partial charge is 0.478 e. The summed E-state index contributed by atoms with van der Waals surface area (Å²) in [6.45, 7) is 2.26. The lowest BCUT2D eigenvalue weighted by atomic mass is 10.0. The monoisotopic (exact) mass is 361 g/mol. The number of aromatic carboxylic acids is 1. The van der Waals surface area contributed by atoms with Crippen LogP contribution in [-0.4, -0.2) is 41.1 Å². The quantitative estimate of drug-likeness (QED) is 0.911. The lowest BCUT2D eigenvalue weighted by molar-refractivity contribution is -0.0692. The van der Waals surface area contributed by atoms with Crippen LogP contribution in [0.2, 0.25) is 0 Å². The molecule has 0 bridgehead atoms. The number of carbonyl (C=O) groups is 2. The highest BCUT2D eigenvalue weighted by molar-refractivity contribution is 5.96. The second-order valence-electron chi connectivity index (χ2n) is 6.20. The first kappa shape index (κ1) is 18.0. The number of ether oxygens (including phenoxy) is 1. The number of carbonyl (C=O) groups excluding carboxylic acids is 1. The summed E-state index contributed by atoms with van der Waals surface area (Å²) in [6, 6.07) is 9.00. The van der Waals surface area contributed by atoms with E-state index >= 15 is 0 Å². The van der Waals surface area contributed by atoms with Crippen LogP contribution in [0.3, 0.4) is 0 Å². The maximum atomic E-state index is 14.2. The Kier molecular flexibility index (Phi) is 4.99. The molecule has 136 valence electrons. The standard InChI is InChI=1S/C19H17F2NO4/c1-11-9-22(10-17(26-11)12-2-5-14(20)6-3-12)18(23)15-7-4-13(19(24)25)8-16(15)21/h2-8,11,17H,9-10H2,1H3,(H,24,25). The van der Waals surface area contributed by atoms with Gasteiger partial charge in [0, 0.05) is 6.54 Å². The maximum Gasteiger partial charge on any atom is 0.335 e. The van der Waals surface area contributed by atoms with Gasteiger partial charge < -0.3 is 14.7 Å². The Morgan fingerprint density at radius 1 is 1.12 bits per heavy atom. The third kappa shape index (κ3) is 3.72. The predicted octanol–water partition coefficient (Wildman–Crippen LogP) is 3.27. The van der Waals surface area contributed by atoms with E-state index in [1.54, 1.807) is 19.1 Å². The maximum absolute atomic E-state index is 14.2. The zero-order valence-electron chi connectivity index (χ0n) is 14.0. The van der Waals surface area contributed by atoms with Gasteiger partial charge in [0.2, 0.25) is 0 Å². The topological polar surface area (TPSA) is 66.8 Å². The second-order valence-corrected chi connectivity index (χ2v) is 6.20. The Balaban J connectivity index is 1.82. The number of morpholine rings is 1. The van der Waals surface area contributed by atoms with Crippen LogP contribution < -0.4 is 0 Å². The highest BCUT2D eigenvalue weighted by Gasteiger charge is 2.31. The summed E-state index contributed by atoms with van der Waals surface area (Å²) in [5.74, 6) is -3.06. The van der Waals surface area contributed by atoms with E-state index in [1.807, 2.05) is 0 Å². The van der Waals surface area contributed by atoms with Crippen LogP contribution in [0.1, 0.15) is 39.3 Å². The molecule has 2 aromatic carbocycles. The fourth-order valence-corrected chi connectivity index (χ4v) is 2.97. The van der Waals surface area contributed by atoms with Gasteiger partial charge in [-0.15, -0.1) is 0 Å². The van der Waals surface area contributed by atoms with Crippen LogP contribution >= 0.6 is 0 Å². The molecule has 26 heavy (non-hydrogen) atoms. The summed E-state index contributed by atoms with van der Waals surface area (Å²) in [4.78, 5) is 25.1. The van der Waals surface area contributed by atoms with Crippen molar-refractivity contribution in [1.29, 1.82) is 0 Å². The average molecular weight is 361 g/mol. The van der Waals surface area contributed by atoms with E-state index in [2.05, 4.69) is 0 Å². The Hall–Kier alpha value is -2.80. The van der Waals surface area contributed by atoms with Crippen LogP contribution in [0.4, 0.5) is 8.78 Å². The Bertz CT molecular complexity index is 838. The number of hydrogen-bond donors (Lipinski definition) is 1. The van der Waals surface area contributed by atoms with E-state index in [0.717, 1.165) is 11.6 Å². The highest BCUT2D eigenvalue weighted by atomic mass is 19.1. The van der Waals surface area contributed by atoms with E-state index in [1.165, 1.54) is 29.2 Å². The molecule has 2 atom stereocenters. The third-order valence-corrected chi connectivity index (χ3v) is 4.24. The summed E-state index contributed by atoms with van der Waals surface area (Å²) in [5.41, 5.74) is 0.304. The Labute approximate surface area is 148 Å². The molecule has 0 spiro atoms. The number of amides is 1. The summed E-state index contributed by atoms with van der Waals surface area (Å²) >= 11 is 0. The molecule has 2 aromatic rings. The molecule has 1 saturated heterocycles. The number of halogens is 2. The van der Waals surface area contributed by atoms with Gasteiger partial charge in [-0.1, -0.05) is 12.1 Å². The van der Waals surface area contributed by atoms with Crippen molar-refractivity contribution in [2.75, 3.05) is 13.1 Å². The molecule has 7 heteroatoms. The number of carboxylic acid groups (broad SMARTS) is 1. The molecule has 0 radical (unpaired) electrons. The molecule has 0 aromatic heterocycles. The first-order valence-corrected chi connectivity index (χ1v) is 8.08. The van der Waals surface area contributed by atoms with Gasteiger partial charge in [0.05, 0.1) is 23.8 Å². The number of hydrogen-bond acceptors (Lipinski definition) is 3. The molecule has 5 nitrogen and oxygen atoms in total. The molecule has 1 heterocycles. The summed E-state index contributed by atoms with van der Waals surface area (Å²) in [5, 5.41) is 8.90. The van der Waals surface area contributed by atoms with Crippen molar-refractivity contribution in [3.8, 4) is 0 Å². The summed E-state index contributed by atoms with van der Waals surface area (Å²) < 4.78 is 33.1. The number of carboxylic acids is 1. The lowest BCUT2D eigenvalue weighted by Gasteiger charge is -2.37. The van der Waals surface area contributed by atoms with E-state index < -0.39 is 23.8 Å². The fraction of sp³-hybridized carbons (Fsp3) is 0.263. The van der Waals surface area contributed by atoms with E-state index in [9.17, 15) is 18.4 Å². The minimum absolute atomic E-state index is 0.189. The van der Waals surface area contributed by atoms with E-state index in [0.29, 0.717) is 0 Å². The predicted molar refractivity (Wildman–Crippen MR) is 89.0 cm³/mol. The van der Waals surface area contributed by atoms with Gasteiger partial charge in [-0.3, -0.25) is 4.79 Å². The molecule has 1 amide bonds. The van der Waals surface area contributed by atoms with E-state index in [4.69, 9.17) is 9.84 Å². The van der Waals surface area contributed by atoms with Crippen LogP contribution in [-0.2, 0) is 4.74 Å². The molecule has 0 aliphatic carbocycles. The second kappa shape index (κ2) is 7.21. The molecular weight excluding hydrogens is 344 g/mol. The minimum Gasteiger partial charge on any atom is -0.478 e. The van der Waals surface area contributed by atoms with Crippen molar-refractivity contribution in [3.63, 3.8) is 0 Å². The SMILES string of the molecule is CC1CN(C(=O)c2ccc(C(=O)O)cc2F)CC(c2ccc(F)cc2)O1. The van der Waals surface area contributed by atoms with E-state index in [-0.39, 0.29) is 36.1 Å². The van der Waals surface area contributed by atoms with Crippen LogP contribution in [0, 0.1) is 11.6 Å².